The van der Waals surface area contributed by atoms with Gasteiger partial charge in [0.25, 0.3) is 0 Å². The van der Waals surface area contributed by atoms with Crippen LogP contribution in [-0.4, -0.2) is 16.6 Å². The fourth-order valence-corrected chi connectivity index (χ4v) is 1.67. The summed E-state index contributed by atoms with van der Waals surface area (Å²) in [5, 5.41) is -0.360. The van der Waals surface area contributed by atoms with Crippen molar-refractivity contribution in [1.82, 2.24) is 9.97 Å². The number of para-hydroxylation sites is 2. The van der Waals surface area contributed by atoms with Gasteiger partial charge >= 0.3 is 6.18 Å². The van der Waals surface area contributed by atoms with Gasteiger partial charge in [-0.1, -0.05) is 23.7 Å². The van der Waals surface area contributed by atoms with Crippen LogP contribution in [0.3, 0.4) is 0 Å². The molecule has 0 atom stereocenters. The lowest BCUT2D eigenvalue weighted by molar-refractivity contribution is -0.145. The third-order valence-corrected chi connectivity index (χ3v) is 2.48. The van der Waals surface area contributed by atoms with Gasteiger partial charge in [0.15, 0.2) is 11.5 Å². The van der Waals surface area contributed by atoms with E-state index in [1.54, 1.807) is 31.2 Å². The van der Waals surface area contributed by atoms with Gasteiger partial charge in [-0.15, -0.1) is 0 Å². The smallest absolute Gasteiger partial charge is 0.451 e. The Bertz CT molecular complexity index is 635. The summed E-state index contributed by atoms with van der Waals surface area (Å²) in [6.45, 7) is 2.17. The van der Waals surface area contributed by atoms with Crippen molar-refractivity contribution in [2.24, 2.45) is 0 Å². The first-order chi connectivity index (χ1) is 9.90. The average Bonchev–Trinajstić information content (AvgIpc) is 2.40. The summed E-state index contributed by atoms with van der Waals surface area (Å²) in [6.07, 6.45) is -4.71. The molecule has 0 radical (unpaired) electrons. The van der Waals surface area contributed by atoms with Crippen molar-refractivity contribution in [3.8, 4) is 17.4 Å². The largest absolute Gasteiger partial charge is 0.490 e. The molecule has 112 valence electrons. The van der Waals surface area contributed by atoms with Gasteiger partial charge in [-0.3, -0.25) is 0 Å². The zero-order valence-corrected chi connectivity index (χ0v) is 11.6. The number of ether oxygens (including phenoxy) is 2. The molecule has 2 aromatic rings. The second kappa shape index (κ2) is 6.17. The highest BCUT2D eigenvalue weighted by molar-refractivity contribution is 6.29. The summed E-state index contributed by atoms with van der Waals surface area (Å²) >= 11 is 5.56. The zero-order valence-electron chi connectivity index (χ0n) is 10.8. The molecule has 0 bridgehead atoms. The lowest BCUT2D eigenvalue weighted by Gasteiger charge is -2.12. The third-order valence-electron chi connectivity index (χ3n) is 2.29. The maximum absolute atomic E-state index is 12.6. The number of alkyl halides is 3. The van der Waals surface area contributed by atoms with Gasteiger partial charge in [0.1, 0.15) is 5.15 Å². The summed E-state index contributed by atoms with van der Waals surface area (Å²) in [6, 6.07) is 7.65. The molecule has 0 aliphatic rings. The Kier molecular flexibility index (Phi) is 4.52. The highest BCUT2D eigenvalue weighted by Crippen LogP contribution is 2.33. The van der Waals surface area contributed by atoms with E-state index < -0.39 is 12.0 Å². The monoisotopic (exact) mass is 318 g/mol. The van der Waals surface area contributed by atoms with Crippen LogP contribution in [0.4, 0.5) is 13.2 Å². The molecule has 4 nitrogen and oxygen atoms in total. The van der Waals surface area contributed by atoms with E-state index in [0.29, 0.717) is 12.4 Å². The molecular formula is C13H10ClF3N2O2. The van der Waals surface area contributed by atoms with Crippen LogP contribution < -0.4 is 9.47 Å². The maximum atomic E-state index is 12.6. The third kappa shape index (κ3) is 3.98. The number of nitrogens with zero attached hydrogens (tertiary/aromatic N) is 2. The number of aromatic nitrogens is 2. The van der Waals surface area contributed by atoms with Gasteiger partial charge in [0, 0.05) is 6.07 Å². The molecule has 0 aliphatic heterocycles. The molecule has 0 N–H and O–H groups in total. The van der Waals surface area contributed by atoms with Gasteiger partial charge in [0.2, 0.25) is 11.7 Å². The van der Waals surface area contributed by atoms with Crippen LogP contribution in [0.2, 0.25) is 5.15 Å². The second-order valence-electron chi connectivity index (χ2n) is 3.83. The van der Waals surface area contributed by atoms with Crippen molar-refractivity contribution in [2.75, 3.05) is 6.61 Å². The lowest BCUT2D eigenvalue weighted by atomic mass is 10.3. The van der Waals surface area contributed by atoms with Crippen molar-refractivity contribution in [3.05, 3.63) is 41.3 Å². The highest BCUT2D eigenvalue weighted by atomic mass is 35.5. The molecule has 0 saturated heterocycles. The van der Waals surface area contributed by atoms with Gasteiger partial charge in [0.05, 0.1) is 6.61 Å². The molecule has 0 saturated carbocycles. The molecule has 2 rings (SSSR count). The summed E-state index contributed by atoms with van der Waals surface area (Å²) < 4.78 is 48.5. The molecule has 0 amide bonds. The SMILES string of the molecule is CCOc1ccccc1Oc1cc(Cl)nc(C(F)(F)F)n1. The average molecular weight is 319 g/mol. The van der Waals surface area contributed by atoms with Crippen molar-refractivity contribution in [2.45, 2.75) is 13.1 Å². The molecule has 1 heterocycles. The van der Waals surface area contributed by atoms with Crippen molar-refractivity contribution < 1.29 is 22.6 Å². The number of benzene rings is 1. The van der Waals surface area contributed by atoms with Crippen molar-refractivity contribution in [3.63, 3.8) is 0 Å². The minimum absolute atomic E-state index is 0.238. The molecule has 1 aromatic carbocycles. The van der Waals surface area contributed by atoms with Crippen molar-refractivity contribution in [1.29, 1.82) is 0 Å². The van der Waals surface area contributed by atoms with Crippen LogP contribution in [0.25, 0.3) is 0 Å². The van der Waals surface area contributed by atoms with E-state index in [2.05, 4.69) is 9.97 Å². The molecule has 0 aliphatic carbocycles. The van der Waals surface area contributed by atoms with E-state index in [-0.39, 0.29) is 16.8 Å². The number of rotatable bonds is 4. The van der Waals surface area contributed by atoms with E-state index >= 15 is 0 Å². The molecule has 0 spiro atoms. The van der Waals surface area contributed by atoms with Crippen molar-refractivity contribution >= 4 is 11.6 Å². The quantitative estimate of drug-likeness (QED) is 0.787. The standard InChI is InChI=1S/C13H10ClF3N2O2/c1-2-20-8-5-3-4-6-9(8)21-11-7-10(14)18-12(19-11)13(15,16)17/h3-7H,2H2,1H3. The number of hydrogen-bond acceptors (Lipinski definition) is 4. The zero-order chi connectivity index (χ0) is 15.5. The number of halogens is 4. The Balaban J connectivity index is 2.34. The summed E-state index contributed by atoms with van der Waals surface area (Å²) in [5.41, 5.74) is 0. The van der Waals surface area contributed by atoms with Crippen LogP contribution in [-0.2, 0) is 6.18 Å². The van der Waals surface area contributed by atoms with Gasteiger partial charge in [-0.2, -0.15) is 18.2 Å². The molecule has 8 heteroatoms. The van der Waals surface area contributed by atoms with Gasteiger partial charge < -0.3 is 9.47 Å². The lowest BCUT2D eigenvalue weighted by Crippen LogP contribution is -2.11. The Hall–Kier alpha value is -2.02. The number of hydrogen-bond donors (Lipinski definition) is 0. The van der Waals surface area contributed by atoms with E-state index in [4.69, 9.17) is 21.1 Å². The Morgan fingerprint density at radius 2 is 1.81 bits per heavy atom. The van der Waals surface area contributed by atoms with E-state index in [1.807, 2.05) is 0 Å². The molecule has 1 aromatic heterocycles. The maximum Gasteiger partial charge on any atom is 0.451 e. The van der Waals surface area contributed by atoms with Crippen LogP contribution in [0.5, 0.6) is 17.4 Å². The minimum atomic E-state index is -4.71. The Morgan fingerprint density at radius 1 is 1.14 bits per heavy atom. The summed E-state index contributed by atoms with van der Waals surface area (Å²) in [7, 11) is 0. The van der Waals surface area contributed by atoms with Crippen LogP contribution >= 0.6 is 11.6 Å². The molecule has 21 heavy (non-hydrogen) atoms. The first kappa shape index (κ1) is 15.4. The van der Waals surface area contributed by atoms with E-state index in [1.165, 1.54) is 0 Å². The van der Waals surface area contributed by atoms with E-state index in [0.717, 1.165) is 6.07 Å². The fourth-order valence-electron chi connectivity index (χ4n) is 1.50. The van der Waals surface area contributed by atoms with Crippen LogP contribution in [0.15, 0.2) is 30.3 Å². The second-order valence-corrected chi connectivity index (χ2v) is 4.22. The van der Waals surface area contributed by atoms with Gasteiger partial charge in [-0.25, -0.2) is 4.98 Å². The molecule has 0 unspecified atom stereocenters. The van der Waals surface area contributed by atoms with Crippen LogP contribution in [0.1, 0.15) is 12.7 Å². The fraction of sp³-hybridized carbons (Fsp3) is 0.231. The topological polar surface area (TPSA) is 44.2 Å². The molecular weight excluding hydrogens is 309 g/mol. The molecule has 0 fully saturated rings. The summed E-state index contributed by atoms with van der Waals surface area (Å²) in [4.78, 5) is 6.43. The predicted octanol–water partition coefficient (Wildman–Crippen LogP) is 4.34. The Morgan fingerprint density at radius 3 is 2.43 bits per heavy atom. The normalized spacial score (nSPS) is 11.3. The minimum Gasteiger partial charge on any atom is -0.490 e. The summed E-state index contributed by atoms with van der Waals surface area (Å²) in [5.74, 6) is -1.04. The van der Waals surface area contributed by atoms with E-state index in [9.17, 15) is 13.2 Å². The first-order valence-corrected chi connectivity index (χ1v) is 6.29. The van der Waals surface area contributed by atoms with Crippen LogP contribution in [0, 0.1) is 0 Å². The Labute approximate surface area is 123 Å². The van der Waals surface area contributed by atoms with Gasteiger partial charge in [-0.05, 0) is 19.1 Å². The first-order valence-electron chi connectivity index (χ1n) is 5.91. The predicted molar refractivity (Wildman–Crippen MR) is 69.7 cm³/mol. The highest BCUT2D eigenvalue weighted by Gasteiger charge is 2.35.